The third kappa shape index (κ3) is 2.55. The molecule has 0 saturated heterocycles. The van der Waals surface area contributed by atoms with Gasteiger partial charge in [0.2, 0.25) is 0 Å². The fourth-order valence-corrected chi connectivity index (χ4v) is 1.88. The van der Waals surface area contributed by atoms with Gasteiger partial charge < -0.3 is 11.1 Å². The molecule has 1 rings (SSSR count). The molecule has 1 aromatic heterocycles. The van der Waals surface area contributed by atoms with Crippen molar-refractivity contribution in [2.24, 2.45) is 0 Å². The average molecular weight is 243 g/mol. The van der Waals surface area contributed by atoms with Crippen LogP contribution in [0.3, 0.4) is 0 Å². The Morgan fingerprint density at radius 3 is 2.31 bits per heavy atom. The van der Waals surface area contributed by atoms with E-state index in [4.69, 9.17) is 17.3 Å². The van der Waals surface area contributed by atoms with Crippen LogP contribution in [0.15, 0.2) is 6.33 Å². The smallest absolute Gasteiger partial charge is 0.150 e. The molecule has 1 heterocycles. The van der Waals surface area contributed by atoms with E-state index in [0.717, 1.165) is 19.3 Å². The van der Waals surface area contributed by atoms with Crippen LogP contribution < -0.4 is 11.1 Å². The first-order chi connectivity index (χ1) is 7.58. The van der Waals surface area contributed by atoms with E-state index in [2.05, 4.69) is 36.1 Å². The molecule has 0 bridgehead atoms. The molecule has 1 aromatic rings. The number of anilines is 2. The molecule has 0 unspecified atom stereocenters. The maximum Gasteiger partial charge on any atom is 0.150 e. The SMILES string of the molecule is CCC(CC)(CC)Nc1ncnc(N)c1Cl. The van der Waals surface area contributed by atoms with Crippen LogP contribution in [-0.2, 0) is 0 Å². The Morgan fingerprint density at radius 2 is 1.81 bits per heavy atom. The fourth-order valence-electron chi connectivity index (χ4n) is 1.74. The van der Waals surface area contributed by atoms with E-state index < -0.39 is 0 Å². The zero-order valence-corrected chi connectivity index (χ0v) is 10.8. The molecule has 0 fully saturated rings. The summed E-state index contributed by atoms with van der Waals surface area (Å²) in [5, 5.41) is 3.79. The quantitative estimate of drug-likeness (QED) is 0.833. The molecular weight excluding hydrogens is 224 g/mol. The van der Waals surface area contributed by atoms with Crippen molar-refractivity contribution in [3.8, 4) is 0 Å². The van der Waals surface area contributed by atoms with Gasteiger partial charge in [0.25, 0.3) is 0 Å². The minimum atomic E-state index is 0.0322. The predicted octanol–water partition coefficient (Wildman–Crippen LogP) is 3.09. The van der Waals surface area contributed by atoms with Crippen molar-refractivity contribution in [3.05, 3.63) is 11.3 Å². The highest BCUT2D eigenvalue weighted by Gasteiger charge is 2.25. The lowest BCUT2D eigenvalue weighted by molar-refractivity contribution is 0.419. The third-order valence-electron chi connectivity index (χ3n) is 3.23. The summed E-state index contributed by atoms with van der Waals surface area (Å²) in [5.41, 5.74) is 5.67. The largest absolute Gasteiger partial charge is 0.382 e. The van der Waals surface area contributed by atoms with Gasteiger partial charge in [0.1, 0.15) is 17.2 Å². The standard InChI is InChI=1S/C11H19ClN4/c1-4-11(5-2,6-3)16-10-8(12)9(13)14-7-15-10/h7H,4-6H2,1-3H3,(H3,13,14,15,16). The zero-order chi connectivity index (χ0) is 12.2. The first-order valence-electron chi connectivity index (χ1n) is 5.62. The molecule has 0 aliphatic heterocycles. The second-order valence-corrected chi connectivity index (χ2v) is 4.27. The van der Waals surface area contributed by atoms with E-state index >= 15 is 0 Å². The van der Waals surface area contributed by atoms with Crippen LogP contribution in [0.5, 0.6) is 0 Å². The molecule has 0 saturated carbocycles. The maximum atomic E-state index is 6.06. The van der Waals surface area contributed by atoms with Crippen LogP contribution in [0.2, 0.25) is 5.02 Å². The molecule has 0 aromatic carbocycles. The van der Waals surface area contributed by atoms with Crippen molar-refractivity contribution in [2.45, 2.75) is 45.6 Å². The lowest BCUT2D eigenvalue weighted by Gasteiger charge is -2.32. The summed E-state index contributed by atoms with van der Waals surface area (Å²) in [5.74, 6) is 0.941. The summed E-state index contributed by atoms with van der Waals surface area (Å²) in [4.78, 5) is 7.98. The minimum absolute atomic E-state index is 0.0322. The minimum Gasteiger partial charge on any atom is -0.382 e. The Morgan fingerprint density at radius 1 is 1.25 bits per heavy atom. The number of nitrogens with zero attached hydrogens (tertiary/aromatic N) is 2. The Hall–Kier alpha value is -1.03. The first-order valence-corrected chi connectivity index (χ1v) is 6.00. The number of hydrogen-bond donors (Lipinski definition) is 2. The van der Waals surface area contributed by atoms with E-state index in [1.807, 2.05) is 0 Å². The topological polar surface area (TPSA) is 63.8 Å². The van der Waals surface area contributed by atoms with Gasteiger partial charge in [-0.1, -0.05) is 32.4 Å². The van der Waals surface area contributed by atoms with Crippen LogP contribution in [0.4, 0.5) is 11.6 Å². The van der Waals surface area contributed by atoms with Gasteiger partial charge in [0, 0.05) is 5.54 Å². The average Bonchev–Trinajstić information content (AvgIpc) is 2.32. The number of rotatable bonds is 5. The van der Waals surface area contributed by atoms with Crippen LogP contribution in [0.1, 0.15) is 40.0 Å². The Labute approximate surface area is 102 Å². The highest BCUT2D eigenvalue weighted by molar-refractivity contribution is 6.35. The van der Waals surface area contributed by atoms with Crippen LogP contribution >= 0.6 is 11.6 Å². The lowest BCUT2D eigenvalue weighted by atomic mass is 9.90. The summed E-state index contributed by atoms with van der Waals surface area (Å²) in [6.45, 7) is 6.45. The number of aromatic nitrogens is 2. The fraction of sp³-hybridized carbons (Fsp3) is 0.636. The second kappa shape index (κ2) is 5.34. The number of nitrogens with one attached hydrogen (secondary N) is 1. The van der Waals surface area contributed by atoms with Gasteiger partial charge in [-0.05, 0) is 19.3 Å². The van der Waals surface area contributed by atoms with Crippen LogP contribution in [0.25, 0.3) is 0 Å². The number of nitrogen functional groups attached to an aromatic ring is 1. The second-order valence-electron chi connectivity index (χ2n) is 3.89. The van der Waals surface area contributed by atoms with Gasteiger partial charge in [0.15, 0.2) is 5.82 Å². The first kappa shape index (κ1) is 13.0. The number of nitrogens with two attached hydrogens (primary N) is 1. The predicted molar refractivity (Wildman–Crippen MR) is 68.7 cm³/mol. The molecule has 16 heavy (non-hydrogen) atoms. The van der Waals surface area contributed by atoms with Gasteiger partial charge >= 0.3 is 0 Å². The molecule has 90 valence electrons. The van der Waals surface area contributed by atoms with Gasteiger partial charge in [-0.25, -0.2) is 9.97 Å². The molecule has 5 heteroatoms. The Balaban J connectivity index is 2.98. The van der Waals surface area contributed by atoms with Crippen molar-refractivity contribution < 1.29 is 0 Å². The van der Waals surface area contributed by atoms with Crippen molar-refractivity contribution >= 4 is 23.2 Å². The van der Waals surface area contributed by atoms with Gasteiger partial charge in [-0.2, -0.15) is 0 Å². The lowest BCUT2D eigenvalue weighted by Crippen LogP contribution is -2.36. The molecule has 0 spiro atoms. The highest BCUT2D eigenvalue weighted by atomic mass is 35.5. The summed E-state index contributed by atoms with van der Waals surface area (Å²) < 4.78 is 0. The monoisotopic (exact) mass is 242 g/mol. The van der Waals surface area contributed by atoms with Gasteiger partial charge in [-0.3, -0.25) is 0 Å². The van der Waals surface area contributed by atoms with Crippen molar-refractivity contribution in [2.75, 3.05) is 11.1 Å². The molecule has 0 amide bonds. The van der Waals surface area contributed by atoms with Crippen molar-refractivity contribution in [1.82, 2.24) is 9.97 Å². The summed E-state index contributed by atoms with van der Waals surface area (Å²) >= 11 is 6.06. The van der Waals surface area contributed by atoms with E-state index in [0.29, 0.717) is 16.7 Å². The normalized spacial score (nSPS) is 11.5. The Bertz CT molecular complexity index is 342. The van der Waals surface area contributed by atoms with E-state index in [9.17, 15) is 0 Å². The van der Waals surface area contributed by atoms with Crippen LogP contribution in [0, 0.1) is 0 Å². The summed E-state index contributed by atoms with van der Waals surface area (Å²) in [7, 11) is 0. The molecule has 0 atom stereocenters. The van der Waals surface area contributed by atoms with Gasteiger partial charge in [-0.15, -0.1) is 0 Å². The third-order valence-corrected chi connectivity index (χ3v) is 3.60. The molecule has 0 aliphatic rings. The summed E-state index contributed by atoms with van der Waals surface area (Å²) in [6.07, 6.45) is 4.47. The van der Waals surface area contributed by atoms with Gasteiger partial charge in [0.05, 0.1) is 0 Å². The highest BCUT2D eigenvalue weighted by Crippen LogP contribution is 2.30. The van der Waals surface area contributed by atoms with E-state index in [1.54, 1.807) is 0 Å². The van der Waals surface area contributed by atoms with Crippen molar-refractivity contribution in [1.29, 1.82) is 0 Å². The van der Waals surface area contributed by atoms with Crippen molar-refractivity contribution in [3.63, 3.8) is 0 Å². The van der Waals surface area contributed by atoms with Crippen LogP contribution in [-0.4, -0.2) is 15.5 Å². The summed E-state index contributed by atoms with van der Waals surface area (Å²) in [6, 6.07) is 0. The molecular formula is C11H19ClN4. The number of hydrogen-bond acceptors (Lipinski definition) is 4. The molecule has 3 N–H and O–H groups in total. The maximum absolute atomic E-state index is 6.06. The molecule has 0 aliphatic carbocycles. The van der Waals surface area contributed by atoms with E-state index in [1.165, 1.54) is 6.33 Å². The van der Waals surface area contributed by atoms with E-state index in [-0.39, 0.29) is 5.54 Å². The number of halogens is 1. The molecule has 0 radical (unpaired) electrons. The Kier molecular flexibility index (Phi) is 4.35. The molecule has 4 nitrogen and oxygen atoms in total. The zero-order valence-electron chi connectivity index (χ0n) is 10.0.